The number of fused-ring (bicyclic) bond motifs is 1. The molecule has 2 aliphatic heterocycles. The number of carbonyl (C=O) groups excluding carboxylic acids is 1. The average Bonchev–Trinajstić information content (AvgIpc) is 2.96. The van der Waals surface area contributed by atoms with Gasteiger partial charge < -0.3 is 24.2 Å². The third kappa shape index (κ3) is 3.85. The molecule has 3 rings (SSSR count). The molecule has 2 aliphatic rings. The molecule has 7 nitrogen and oxygen atoms in total. The lowest BCUT2D eigenvalue weighted by Crippen LogP contribution is -2.50. The minimum atomic E-state index is -1.06. The van der Waals surface area contributed by atoms with Gasteiger partial charge in [-0.15, -0.1) is 0 Å². The van der Waals surface area contributed by atoms with E-state index in [0.717, 1.165) is 0 Å². The Balaban J connectivity index is 1.72. The van der Waals surface area contributed by atoms with Gasteiger partial charge in [-0.2, -0.15) is 0 Å². The standard InChI is InChI=1S/C20H26ClNO6/c1-11-13(17(23)24)10-14(21)16-15(11)26-20(5,27-16)12-6-8-22(9-7-12)18(25)28-19(2,3)4/h10,12H,6-9H2,1-5H3,(H,23,24)/t20-/m1/s1. The van der Waals surface area contributed by atoms with Gasteiger partial charge in [-0.3, -0.25) is 0 Å². The van der Waals surface area contributed by atoms with Crippen LogP contribution in [0.25, 0.3) is 0 Å². The zero-order chi connectivity index (χ0) is 20.9. The number of aromatic carboxylic acids is 1. The second-order valence-electron chi connectivity index (χ2n) is 8.46. The van der Waals surface area contributed by atoms with E-state index in [1.807, 2.05) is 27.7 Å². The van der Waals surface area contributed by atoms with Gasteiger partial charge in [0.1, 0.15) is 5.60 Å². The summed E-state index contributed by atoms with van der Waals surface area (Å²) in [5.41, 5.74) is 0.0492. The number of likely N-dealkylation sites (tertiary alicyclic amines) is 1. The molecule has 0 aliphatic carbocycles. The largest absolute Gasteiger partial charge is 0.478 e. The highest BCUT2D eigenvalue weighted by atomic mass is 35.5. The molecule has 28 heavy (non-hydrogen) atoms. The molecular weight excluding hydrogens is 386 g/mol. The number of rotatable bonds is 2. The van der Waals surface area contributed by atoms with Crippen LogP contribution in [-0.4, -0.2) is 46.5 Å². The van der Waals surface area contributed by atoms with Crippen molar-refractivity contribution in [2.24, 2.45) is 5.92 Å². The monoisotopic (exact) mass is 411 g/mol. The van der Waals surface area contributed by atoms with Crippen molar-refractivity contribution in [2.75, 3.05) is 13.1 Å². The Morgan fingerprint density at radius 1 is 1.25 bits per heavy atom. The van der Waals surface area contributed by atoms with Gasteiger partial charge in [-0.05, 0) is 46.6 Å². The number of carboxylic acids is 1. The SMILES string of the molecule is Cc1c(C(=O)O)cc(Cl)c2c1O[C@@](C)(C1CCN(C(=O)OC(C)(C)C)CC1)O2. The summed E-state index contributed by atoms with van der Waals surface area (Å²) in [6.45, 7) is 10.1. The first-order valence-corrected chi connectivity index (χ1v) is 9.71. The van der Waals surface area contributed by atoms with Crippen LogP contribution < -0.4 is 9.47 Å². The molecule has 1 amide bonds. The van der Waals surface area contributed by atoms with Gasteiger partial charge >= 0.3 is 12.1 Å². The van der Waals surface area contributed by atoms with Gasteiger partial charge in [0.05, 0.1) is 10.6 Å². The van der Waals surface area contributed by atoms with E-state index in [0.29, 0.717) is 43.0 Å². The Morgan fingerprint density at radius 2 is 1.82 bits per heavy atom. The van der Waals surface area contributed by atoms with Crippen molar-refractivity contribution in [2.45, 2.75) is 58.8 Å². The summed E-state index contributed by atoms with van der Waals surface area (Å²) >= 11 is 6.25. The molecule has 8 heteroatoms. The van der Waals surface area contributed by atoms with Crippen LogP contribution in [0.15, 0.2) is 6.07 Å². The molecule has 0 aromatic heterocycles. The van der Waals surface area contributed by atoms with Crippen LogP contribution in [0.4, 0.5) is 4.79 Å². The zero-order valence-electron chi connectivity index (χ0n) is 16.8. The third-order valence-corrected chi connectivity index (χ3v) is 5.45. The van der Waals surface area contributed by atoms with E-state index < -0.39 is 17.4 Å². The predicted molar refractivity (Wildman–Crippen MR) is 103 cm³/mol. The maximum Gasteiger partial charge on any atom is 0.410 e. The number of hydrogen-bond donors (Lipinski definition) is 1. The van der Waals surface area contributed by atoms with E-state index in [1.165, 1.54) is 6.07 Å². The van der Waals surface area contributed by atoms with Crippen LogP contribution in [0.1, 0.15) is 56.5 Å². The fraction of sp³-hybridized carbons (Fsp3) is 0.600. The van der Waals surface area contributed by atoms with Crippen molar-refractivity contribution in [1.29, 1.82) is 0 Å². The normalized spacial score (nSPS) is 22.3. The number of nitrogens with zero attached hydrogens (tertiary/aromatic N) is 1. The highest BCUT2D eigenvalue weighted by Crippen LogP contribution is 2.51. The molecule has 154 valence electrons. The smallest absolute Gasteiger partial charge is 0.410 e. The molecule has 0 saturated carbocycles. The number of benzene rings is 1. The Morgan fingerprint density at radius 3 is 2.36 bits per heavy atom. The molecule has 1 aromatic rings. The molecule has 1 fully saturated rings. The molecule has 1 atom stereocenters. The first kappa shape index (κ1) is 20.6. The van der Waals surface area contributed by atoms with Gasteiger partial charge in [0.2, 0.25) is 0 Å². The summed E-state index contributed by atoms with van der Waals surface area (Å²) in [5, 5.41) is 9.57. The van der Waals surface area contributed by atoms with Gasteiger partial charge in [0.15, 0.2) is 11.5 Å². The topological polar surface area (TPSA) is 85.3 Å². The molecular formula is C20H26ClNO6. The number of piperidine rings is 1. The number of amides is 1. The second kappa shape index (κ2) is 7.03. The van der Waals surface area contributed by atoms with Crippen LogP contribution >= 0.6 is 11.6 Å². The first-order chi connectivity index (χ1) is 12.9. The van der Waals surface area contributed by atoms with E-state index in [-0.39, 0.29) is 22.6 Å². The molecule has 1 aromatic carbocycles. The Labute approximate surface area is 169 Å². The van der Waals surface area contributed by atoms with Gasteiger partial charge in [0.25, 0.3) is 5.79 Å². The summed E-state index contributed by atoms with van der Waals surface area (Å²) in [6.07, 6.45) is 1.02. The minimum Gasteiger partial charge on any atom is -0.478 e. The fourth-order valence-corrected chi connectivity index (χ4v) is 3.88. The lowest BCUT2D eigenvalue weighted by Gasteiger charge is -2.39. The van der Waals surface area contributed by atoms with Crippen molar-refractivity contribution < 1.29 is 28.9 Å². The van der Waals surface area contributed by atoms with Crippen LogP contribution in [-0.2, 0) is 4.74 Å². The van der Waals surface area contributed by atoms with Gasteiger partial charge in [-0.1, -0.05) is 11.6 Å². The Hall–Kier alpha value is -2.15. The summed E-state index contributed by atoms with van der Waals surface area (Å²) in [6, 6.07) is 1.39. The zero-order valence-corrected chi connectivity index (χ0v) is 17.6. The first-order valence-electron chi connectivity index (χ1n) is 9.33. The van der Waals surface area contributed by atoms with Crippen molar-refractivity contribution in [3.05, 3.63) is 22.2 Å². The van der Waals surface area contributed by atoms with E-state index in [1.54, 1.807) is 11.8 Å². The number of halogens is 1. The molecule has 0 radical (unpaired) electrons. The second-order valence-corrected chi connectivity index (χ2v) is 8.86. The quantitative estimate of drug-likeness (QED) is 0.772. The van der Waals surface area contributed by atoms with E-state index in [9.17, 15) is 14.7 Å². The summed E-state index contributed by atoms with van der Waals surface area (Å²) in [5.74, 6) is -1.26. The molecule has 0 spiro atoms. The highest BCUT2D eigenvalue weighted by molar-refractivity contribution is 6.32. The number of carboxylic acid groups (broad SMARTS) is 1. The molecule has 1 N–H and O–H groups in total. The summed E-state index contributed by atoms with van der Waals surface area (Å²) in [7, 11) is 0. The molecule has 0 unspecified atom stereocenters. The number of hydrogen-bond acceptors (Lipinski definition) is 5. The van der Waals surface area contributed by atoms with Crippen molar-refractivity contribution in [1.82, 2.24) is 4.90 Å². The maximum absolute atomic E-state index is 12.3. The van der Waals surface area contributed by atoms with E-state index in [2.05, 4.69) is 0 Å². The van der Waals surface area contributed by atoms with Gasteiger partial charge in [0, 0.05) is 31.5 Å². The highest BCUT2D eigenvalue weighted by Gasteiger charge is 2.47. The Bertz CT molecular complexity index is 810. The molecule has 1 saturated heterocycles. The van der Waals surface area contributed by atoms with E-state index in [4.69, 9.17) is 25.8 Å². The maximum atomic E-state index is 12.3. The van der Waals surface area contributed by atoms with Crippen molar-refractivity contribution in [3.8, 4) is 11.5 Å². The van der Waals surface area contributed by atoms with Crippen LogP contribution in [0.5, 0.6) is 11.5 Å². The van der Waals surface area contributed by atoms with E-state index >= 15 is 0 Å². The number of ether oxygens (including phenoxy) is 3. The summed E-state index contributed by atoms with van der Waals surface area (Å²) in [4.78, 5) is 25.4. The van der Waals surface area contributed by atoms with Crippen molar-refractivity contribution in [3.63, 3.8) is 0 Å². The Kier molecular flexibility index (Phi) is 5.17. The van der Waals surface area contributed by atoms with Crippen LogP contribution in [0.2, 0.25) is 5.02 Å². The minimum absolute atomic E-state index is 0.0160. The molecule has 2 heterocycles. The predicted octanol–water partition coefficient (Wildman–Crippen LogP) is 4.48. The van der Waals surface area contributed by atoms with Crippen molar-refractivity contribution >= 4 is 23.7 Å². The van der Waals surface area contributed by atoms with Crippen LogP contribution in [0, 0.1) is 12.8 Å². The fourth-order valence-electron chi connectivity index (χ4n) is 3.65. The lowest BCUT2D eigenvalue weighted by molar-refractivity contribution is -0.124. The number of carbonyl (C=O) groups is 2. The van der Waals surface area contributed by atoms with Crippen LogP contribution in [0.3, 0.4) is 0 Å². The third-order valence-electron chi connectivity index (χ3n) is 5.17. The average molecular weight is 412 g/mol. The molecule has 0 bridgehead atoms. The lowest BCUT2D eigenvalue weighted by atomic mass is 9.89. The van der Waals surface area contributed by atoms with Gasteiger partial charge in [-0.25, -0.2) is 9.59 Å². The summed E-state index contributed by atoms with van der Waals surface area (Å²) < 4.78 is 17.6.